The van der Waals surface area contributed by atoms with E-state index in [0.29, 0.717) is 19.6 Å². The summed E-state index contributed by atoms with van der Waals surface area (Å²) in [5.74, 6) is 1.05. The maximum absolute atomic E-state index is 12.5. The largest absolute Gasteiger partial charge is 0.439 e. The van der Waals surface area contributed by atoms with Gasteiger partial charge in [0.05, 0.1) is 22.2 Å². The summed E-state index contributed by atoms with van der Waals surface area (Å²) < 4.78 is 6.64. The second-order valence-corrected chi connectivity index (χ2v) is 8.08. The lowest BCUT2D eigenvalue weighted by atomic mass is 10.0. The first-order chi connectivity index (χ1) is 10.0. The van der Waals surface area contributed by atoms with Crippen molar-refractivity contribution in [3.63, 3.8) is 0 Å². The summed E-state index contributed by atoms with van der Waals surface area (Å²) in [5, 5.41) is 0. The zero-order valence-electron chi connectivity index (χ0n) is 12.1. The molecule has 114 valence electrons. The number of ether oxygens (including phenoxy) is 1. The van der Waals surface area contributed by atoms with Crippen molar-refractivity contribution < 1.29 is 14.3 Å². The van der Waals surface area contributed by atoms with E-state index in [2.05, 4.69) is 6.92 Å². The molecule has 1 spiro atoms. The Balaban J connectivity index is 1.68. The molecular weight excluding hydrogens is 308 g/mol. The first kappa shape index (κ1) is 14.7. The molecule has 2 aliphatic heterocycles. The Hall–Kier alpha value is -1.21. The molecule has 7 heteroatoms. The van der Waals surface area contributed by atoms with E-state index in [9.17, 15) is 9.59 Å². The normalized spacial score (nSPS) is 25.0. The third-order valence-electron chi connectivity index (χ3n) is 3.82. The maximum Gasteiger partial charge on any atom is 0.410 e. The third-order valence-corrected chi connectivity index (χ3v) is 6.00. The Bertz CT molecular complexity index is 574. The van der Waals surface area contributed by atoms with Crippen LogP contribution in [0.15, 0.2) is 16.3 Å². The molecule has 2 fully saturated rings. The van der Waals surface area contributed by atoms with Crippen LogP contribution in [0.2, 0.25) is 0 Å². The molecular formula is C14H18N2O3S2. The van der Waals surface area contributed by atoms with E-state index < -0.39 is 5.60 Å². The molecule has 3 heterocycles. The first-order valence-corrected chi connectivity index (χ1v) is 8.79. The van der Waals surface area contributed by atoms with Crippen molar-refractivity contribution >= 4 is 35.1 Å². The monoisotopic (exact) mass is 326 g/mol. The molecule has 1 atom stereocenters. The van der Waals surface area contributed by atoms with Crippen molar-refractivity contribution in [3.8, 4) is 0 Å². The fourth-order valence-corrected chi connectivity index (χ4v) is 4.85. The Kier molecular flexibility index (Phi) is 3.88. The van der Waals surface area contributed by atoms with Crippen molar-refractivity contribution in [2.24, 2.45) is 0 Å². The molecule has 3 rings (SSSR count). The van der Waals surface area contributed by atoms with Crippen LogP contribution < -0.4 is 0 Å². The SMILES string of the molecule is CCSc1ccc(C(=O)N2CCC3(CN(C)C(=O)O3)C2)s1. The number of likely N-dealkylation sites (tertiary alicyclic amines) is 1. The van der Waals surface area contributed by atoms with Gasteiger partial charge in [0, 0.05) is 20.0 Å². The van der Waals surface area contributed by atoms with Gasteiger partial charge in [-0.15, -0.1) is 23.1 Å². The summed E-state index contributed by atoms with van der Waals surface area (Å²) >= 11 is 3.29. The summed E-state index contributed by atoms with van der Waals surface area (Å²) in [6, 6.07) is 3.89. The number of carbonyl (C=O) groups excluding carboxylic acids is 2. The molecule has 21 heavy (non-hydrogen) atoms. The first-order valence-electron chi connectivity index (χ1n) is 6.99. The lowest BCUT2D eigenvalue weighted by molar-refractivity contribution is 0.0555. The van der Waals surface area contributed by atoms with E-state index >= 15 is 0 Å². The minimum Gasteiger partial charge on any atom is -0.439 e. The Labute approximate surface area is 132 Å². The maximum atomic E-state index is 12.5. The van der Waals surface area contributed by atoms with Crippen LogP contribution in [-0.2, 0) is 4.74 Å². The number of thioether (sulfide) groups is 1. The molecule has 0 bridgehead atoms. The van der Waals surface area contributed by atoms with Crippen LogP contribution in [0, 0.1) is 0 Å². The highest BCUT2D eigenvalue weighted by molar-refractivity contribution is 8.01. The van der Waals surface area contributed by atoms with Gasteiger partial charge < -0.3 is 14.5 Å². The van der Waals surface area contributed by atoms with E-state index in [0.717, 1.165) is 17.1 Å². The van der Waals surface area contributed by atoms with Gasteiger partial charge in [0.15, 0.2) is 5.60 Å². The van der Waals surface area contributed by atoms with Gasteiger partial charge >= 0.3 is 6.09 Å². The lowest BCUT2D eigenvalue weighted by Crippen LogP contribution is -2.38. The van der Waals surface area contributed by atoms with Gasteiger partial charge in [-0.3, -0.25) is 4.79 Å². The van der Waals surface area contributed by atoms with Gasteiger partial charge in [0.2, 0.25) is 0 Å². The Morgan fingerprint density at radius 3 is 2.95 bits per heavy atom. The standard InChI is InChI=1S/C14H18N2O3S2/c1-3-20-11-5-4-10(21-11)12(17)16-7-6-14(9-16)8-15(2)13(18)19-14/h4-5H,3,6-9H2,1-2H3. The van der Waals surface area contributed by atoms with Gasteiger partial charge in [0.25, 0.3) is 5.91 Å². The van der Waals surface area contributed by atoms with Crippen LogP contribution in [0.3, 0.4) is 0 Å². The summed E-state index contributed by atoms with van der Waals surface area (Å²) in [4.78, 5) is 28.2. The highest BCUT2D eigenvalue weighted by atomic mass is 32.2. The van der Waals surface area contributed by atoms with E-state index in [4.69, 9.17) is 4.74 Å². The van der Waals surface area contributed by atoms with Gasteiger partial charge in [-0.1, -0.05) is 6.92 Å². The zero-order chi connectivity index (χ0) is 15.0. The molecule has 5 nitrogen and oxygen atoms in total. The molecule has 2 amide bonds. The third kappa shape index (κ3) is 2.76. The molecule has 1 unspecified atom stereocenters. The number of likely N-dealkylation sites (N-methyl/N-ethyl adjacent to an activating group) is 1. The molecule has 0 N–H and O–H groups in total. The van der Waals surface area contributed by atoms with Gasteiger partial charge in [-0.25, -0.2) is 4.79 Å². The number of nitrogens with zero attached hydrogens (tertiary/aromatic N) is 2. The van der Waals surface area contributed by atoms with Crippen LogP contribution >= 0.6 is 23.1 Å². The van der Waals surface area contributed by atoms with Crippen LogP contribution in [0.25, 0.3) is 0 Å². The summed E-state index contributed by atoms with van der Waals surface area (Å²) in [6.07, 6.45) is 0.429. The van der Waals surface area contributed by atoms with Gasteiger partial charge in [-0.05, 0) is 17.9 Å². The molecule has 2 aliphatic rings. The molecule has 0 aromatic carbocycles. The number of carbonyl (C=O) groups is 2. The quantitative estimate of drug-likeness (QED) is 0.801. The number of hydrogen-bond donors (Lipinski definition) is 0. The predicted octanol–water partition coefficient (Wildman–Crippen LogP) is 2.53. The van der Waals surface area contributed by atoms with E-state index in [1.807, 2.05) is 12.1 Å². The molecule has 1 aromatic rings. The molecule has 2 saturated heterocycles. The summed E-state index contributed by atoms with van der Waals surface area (Å²) in [6.45, 7) is 3.81. The van der Waals surface area contributed by atoms with Crippen molar-refractivity contribution in [2.75, 3.05) is 32.4 Å². The minimum absolute atomic E-state index is 0.0467. The van der Waals surface area contributed by atoms with Crippen LogP contribution in [0.5, 0.6) is 0 Å². The zero-order valence-corrected chi connectivity index (χ0v) is 13.8. The second kappa shape index (κ2) is 5.53. The number of amides is 2. The van der Waals surface area contributed by atoms with Crippen molar-refractivity contribution in [1.29, 1.82) is 0 Å². The topological polar surface area (TPSA) is 49.9 Å². The summed E-state index contributed by atoms with van der Waals surface area (Å²) in [5.41, 5.74) is -0.500. The second-order valence-electron chi connectivity index (χ2n) is 5.44. The van der Waals surface area contributed by atoms with Crippen LogP contribution in [-0.4, -0.2) is 59.8 Å². The summed E-state index contributed by atoms with van der Waals surface area (Å²) in [7, 11) is 1.73. The van der Waals surface area contributed by atoms with Crippen LogP contribution in [0.4, 0.5) is 4.79 Å². The number of thiophene rings is 1. The Morgan fingerprint density at radius 1 is 1.48 bits per heavy atom. The van der Waals surface area contributed by atoms with Gasteiger partial charge in [0.1, 0.15) is 0 Å². The molecule has 1 aromatic heterocycles. The van der Waals surface area contributed by atoms with Crippen molar-refractivity contribution in [3.05, 3.63) is 17.0 Å². The van der Waals surface area contributed by atoms with Gasteiger partial charge in [-0.2, -0.15) is 0 Å². The molecule has 0 aliphatic carbocycles. The van der Waals surface area contributed by atoms with Crippen molar-refractivity contribution in [2.45, 2.75) is 23.2 Å². The minimum atomic E-state index is -0.500. The van der Waals surface area contributed by atoms with E-state index in [1.54, 1.807) is 28.6 Å². The van der Waals surface area contributed by atoms with E-state index in [-0.39, 0.29) is 12.0 Å². The fraction of sp³-hybridized carbons (Fsp3) is 0.571. The van der Waals surface area contributed by atoms with Crippen LogP contribution in [0.1, 0.15) is 23.0 Å². The average Bonchev–Trinajstić information content (AvgIpc) is 3.12. The lowest BCUT2D eigenvalue weighted by Gasteiger charge is -2.21. The fourth-order valence-electron chi connectivity index (χ4n) is 2.83. The van der Waals surface area contributed by atoms with E-state index in [1.165, 1.54) is 15.5 Å². The molecule has 0 saturated carbocycles. The average molecular weight is 326 g/mol. The Morgan fingerprint density at radius 2 is 2.29 bits per heavy atom. The number of hydrogen-bond acceptors (Lipinski definition) is 5. The highest BCUT2D eigenvalue weighted by Gasteiger charge is 2.49. The van der Waals surface area contributed by atoms with Crippen molar-refractivity contribution in [1.82, 2.24) is 9.80 Å². The molecule has 0 radical (unpaired) electrons. The predicted molar refractivity (Wildman–Crippen MR) is 83.1 cm³/mol. The number of rotatable bonds is 3. The smallest absolute Gasteiger partial charge is 0.410 e. The highest BCUT2D eigenvalue weighted by Crippen LogP contribution is 2.34.